The van der Waals surface area contributed by atoms with Crippen molar-refractivity contribution < 1.29 is 9.90 Å². The van der Waals surface area contributed by atoms with Gasteiger partial charge in [-0.2, -0.15) is 0 Å². The number of nitrogens with zero attached hydrogens (tertiary/aromatic N) is 3. The number of hydrogen-bond donors (Lipinski definition) is 1. The molecule has 0 bridgehead atoms. The lowest BCUT2D eigenvalue weighted by Gasteiger charge is -2.05. The lowest BCUT2D eigenvalue weighted by Crippen LogP contribution is -2.20. The van der Waals surface area contributed by atoms with Crippen LogP contribution in [0.4, 0.5) is 0 Å². The Morgan fingerprint density at radius 3 is 2.75 bits per heavy atom. The molecule has 2 aromatic heterocycles. The molecule has 0 amide bonds. The number of hydrogen-bond acceptors (Lipinski definition) is 5. The minimum atomic E-state index is -1.03. The van der Waals surface area contributed by atoms with Crippen LogP contribution in [0.25, 0.3) is 0 Å². The van der Waals surface area contributed by atoms with Gasteiger partial charge in [-0.25, -0.2) is 14.8 Å². The van der Waals surface area contributed by atoms with Crippen LogP contribution < -0.4 is 5.56 Å². The number of carboxylic acid groups (broad SMARTS) is 1. The molecule has 0 saturated heterocycles. The second kappa shape index (κ2) is 5.09. The summed E-state index contributed by atoms with van der Waals surface area (Å²) in [4.78, 5) is 31.0. The van der Waals surface area contributed by atoms with Crippen molar-refractivity contribution in [2.24, 2.45) is 0 Å². The third-order valence-electron chi connectivity index (χ3n) is 2.96. The van der Waals surface area contributed by atoms with E-state index in [1.165, 1.54) is 12.3 Å². The highest BCUT2D eigenvalue weighted by atomic mass is 32.2. The van der Waals surface area contributed by atoms with Crippen LogP contribution in [-0.2, 0) is 0 Å². The molecule has 102 valence electrons. The second-order valence-electron chi connectivity index (χ2n) is 4.47. The van der Waals surface area contributed by atoms with Crippen molar-refractivity contribution in [3.63, 3.8) is 0 Å². The third kappa shape index (κ3) is 2.57. The molecule has 2 heterocycles. The molecule has 0 unspecified atom stereocenters. The number of carbonyl (C=O) groups is 1. The Hall–Kier alpha value is -2.15. The van der Waals surface area contributed by atoms with Crippen LogP contribution in [0.5, 0.6) is 0 Å². The van der Waals surface area contributed by atoms with Gasteiger partial charge in [-0.1, -0.05) is 0 Å². The minimum Gasteiger partial charge on any atom is -0.478 e. The molecular weight excluding hydrogens is 278 g/mol. The second-order valence-corrected chi connectivity index (χ2v) is 5.48. The van der Waals surface area contributed by atoms with Crippen molar-refractivity contribution in [3.8, 4) is 0 Å². The van der Waals surface area contributed by atoms with Crippen LogP contribution in [0.1, 0.15) is 29.2 Å². The van der Waals surface area contributed by atoms with E-state index in [1.807, 2.05) is 0 Å². The first kappa shape index (κ1) is 12.9. The van der Waals surface area contributed by atoms with E-state index in [4.69, 9.17) is 5.11 Å². The average Bonchev–Trinajstić information content (AvgIpc) is 3.26. The number of carboxylic acids is 1. The topological polar surface area (TPSA) is 85.1 Å². The van der Waals surface area contributed by atoms with Crippen LogP contribution in [-0.4, -0.2) is 25.6 Å². The fraction of sp³-hybridized carbons (Fsp3) is 0.231. The number of aromatic nitrogens is 3. The Morgan fingerprint density at radius 1 is 1.35 bits per heavy atom. The van der Waals surface area contributed by atoms with E-state index in [9.17, 15) is 9.59 Å². The van der Waals surface area contributed by atoms with Gasteiger partial charge in [0.2, 0.25) is 0 Å². The van der Waals surface area contributed by atoms with E-state index in [2.05, 4.69) is 9.97 Å². The van der Waals surface area contributed by atoms with Gasteiger partial charge in [-0.05, 0) is 36.7 Å². The van der Waals surface area contributed by atoms with Crippen LogP contribution in [0.3, 0.4) is 0 Å². The largest absolute Gasteiger partial charge is 0.478 e. The third-order valence-corrected chi connectivity index (χ3v) is 3.89. The molecule has 1 aliphatic rings. The maximum Gasteiger partial charge on any atom is 0.337 e. The molecule has 0 spiro atoms. The summed E-state index contributed by atoms with van der Waals surface area (Å²) in [5, 5.41) is 9.71. The molecule has 2 aromatic rings. The minimum absolute atomic E-state index is 0.116. The molecule has 0 atom stereocenters. The summed E-state index contributed by atoms with van der Waals surface area (Å²) in [5.74, 6) is -1.03. The van der Waals surface area contributed by atoms with Crippen LogP contribution >= 0.6 is 11.8 Å². The predicted molar refractivity (Wildman–Crippen MR) is 72.1 cm³/mol. The van der Waals surface area contributed by atoms with Gasteiger partial charge in [0.15, 0.2) is 5.03 Å². The van der Waals surface area contributed by atoms with Crippen molar-refractivity contribution >= 4 is 17.7 Å². The van der Waals surface area contributed by atoms with E-state index in [0.717, 1.165) is 24.6 Å². The Labute approximate surface area is 118 Å². The molecular formula is C13H11N3O3S. The molecule has 1 saturated carbocycles. The molecule has 6 nitrogen and oxygen atoms in total. The van der Waals surface area contributed by atoms with Crippen LogP contribution in [0.2, 0.25) is 0 Å². The zero-order chi connectivity index (χ0) is 14.1. The number of rotatable bonds is 4. The van der Waals surface area contributed by atoms with Crippen LogP contribution in [0, 0.1) is 0 Å². The summed E-state index contributed by atoms with van der Waals surface area (Å²) in [6.07, 6.45) is 6.63. The van der Waals surface area contributed by atoms with Crippen molar-refractivity contribution in [3.05, 3.63) is 46.6 Å². The molecule has 0 aromatic carbocycles. The highest BCUT2D eigenvalue weighted by Gasteiger charge is 2.25. The van der Waals surface area contributed by atoms with Crippen molar-refractivity contribution in [1.29, 1.82) is 0 Å². The summed E-state index contributed by atoms with van der Waals surface area (Å²) < 4.78 is 1.70. The Kier molecular flexibility index (Phi) is 3.27. The van der Waals surface area contributed by atoms with E-state index in [-0.39, 0.29) is 11.1 Å². The van der Waals surface area contributed by atoms with Gasteiger partial charge in [-0.15, -0.1) is 0 Å². The van der Waals surface area contributed by atoms with Gasteiger partial charge in [0, 0.05) is 24.6 Å². The molecule has 1 N–H and O–H groups in total. The Bertz CT molecular complexity index is 708. The van der Waals surface area contributed by atoms with Gasteiger partial charge < -0.3 is 9.67 Å². The van der Waals surface area contributed by atoms with Gasteiger partial charge in [-0.3, -0.25) is 4.79 Å². The molecule has 0 radical (unpaired) electrons. The summed E-state index contributed by atoms with van der Waals surface area (Å²) in [7, 11) is 0. The first-order valence-electron chi connectivity index (χ1n) is 6.09. The first-order chi connectivity index (χ1) is 9.65. The lowest BCUT2D eigenvalue weighted by atomic mass is 10.3. The average molecular weight is 289 g/mol. The summed E-state index contributed by atoms with van der Waals surface area (Å²) in [5.41, 5.74) is -0.00475. The summed E-state index contributed by atoms with van der Waals surface area (Å²) >= 11 is 1.15. The quantitative estimate of drug-likeness (QED) is 0.924. The van der Waals surface area contributed by atoms with Crippen molar-refractivity contribution in [2.75, 3.05) is 0 Å². The normalized spacial score (nSPS) is 14.2. The fourth-order valence-electron chi connectivity index (χ4n) is 1.78. The molecule has 1 aliphatic carbocycles. The van der Waals surface area contributed by atoms with E-state index in [1.54, 1.807) is 23.0 Å². The Balaban J connectivity index is 1.85. The van der Waals surface area contributed by atoms with Crippen molar-refractivity contribution in [1.82, 2.24) is 14.5 Å². The molecule has 1 fully saturated rings. The Morgan fingerprint density at radius 2 is 2.15 bits per heavy atom. The first-order valence-corrected chi connectivity index (χ1v) is 6.91. The van der Waals surface area contributed by atoms with Gasteiger partial charge >= 0.3 is 5.97 Å². The zero-order valence-electron chi connectivity index (χ0n) is 10.4. The fourth-order valence-corrected chi connectivity index (χ4v) is 2.53. The summed E-state index contributed by atoms with van der Waals surface area (Å²) in [6.45, 7) is 0. The SMILES string of the molecule is O=C(O)c1ccc(Sc2nccn(C3CC3)c2=O)nc1. The lowest BCUT2D eigenvalue weighted by molar-refractivity contribution is 0.0696. The predicted octanol–water partition coefficient (Wildman–Crippen LogP) is 1.82. The van der Waals surface area contributed by atoms with E-state index < -0.39 is 5.97 Å². The van der Waals surface area contributed by atoms with E-state index in [0.29, 0.717) is 16.1 Å². The molecule has 0 aliphatic heterocycles. The number of pyridine rings is 1. The maximum absolute atomic E-state index is 12.2. The summed E-state index contributed by atoms with van der Waals surface area (Å²) in [6, 6.07) is 3.33. The number of aromatic carboxylic acids is 1. The highest BCUT2D eigenvalue weighted by molar-refractivity contribution is 7.99. The molecule has 3 rings (SSSR count). The standard InChI is InChI=1S/C13H11N3O3S/c17-12-11(14-5-6-16(12)9-2-3-9)20-10-4-1-8(7-15-10)13(18)19/h1,4-7,9H,2-3H2,(H,18,19). The maximum atomic E-state index is 12.2. The monoisotopic (exact) mass is 289 g/mol. The highest BCUT2D eigenvalue weighted by Crippen LogP contribution is 2.33. The smallest absolute Gasteiger partial charge is 0.337 e. The van der Waals surface area contributed by atoms with E-state index >= 15 is 0 Å². The van der Waals surface area contributed by atoms with Gasteiger partial charge in [0.25, 0.3) is 5.56 Å². The van der Waals surface area contributed by atoms with Gasteiger partial charge in [0.1, 0.15) is 5.03 Å². The van der Waals surface area contributed by atoms with Gasteiger partial charge in [0.05, 0.1) is 5.56 Å². The molecule has 7 heteroatoms. The van der Waals surface area contributed by atoms with Crippen LogP contribution in [0.15, 0.2) is 45.6 Å². The van der Waals surface area contributed by atoms with Crippen molar-refractivity contribution in [2.45, 2.75) is 28.9 Å². The zero-order valence-corrected chi connectivity index (χ0v) is 11.2. The molecule has 20 heavy (non-hydrogen) atoms.